The Hall–Kier alpha value is -0.630. The smallest absolute Gasteiger partial charge is 0.271 e. The SMILES string of the molecule is O=[N+]([O-])c1cc(Br)c(Oc2c(Cl)cccc2CBr)c(Br)c1. The van der Waals surface area contributed by atoms with Crippen molar-refractivity contribution in [3.8, 4) is 11.5 Å². The summed E-state index contributed by atoms with van der Waals surface area (Å²) < 4.78 is 6.77. The third kappa shape index (κ3) is 3.77. The van der Waals surface area contributed by atoms with Crippen molar-refractivity contribution in [2.45, 2.75) is 5.33 Å². The van der Waals surface area contributed by atoms with E-state index in [0.29, 0.717) is 30.8 Å². The maximum absolute atomic E-state index is 10.8. The van der Waals surface area contributed by atoms with Crippen molar-refractivity contribution in [3.63, 3.8) is 0 Å². The number of nitro benzene ring substituents is 1. The molecule has 4 nitrogen and oxygen atoms in total. The van der Waals surface area contributed by atoms with Crippen LogP contribution in [0.1, 0.15) is 5.56 Å². The number of nitro groups is 1. The maximum atomic E-state index is 10.8. The monoisotopic (exact) mass is 497 g/mol. The molecule has 0 aliphatic carbocycles. The lowest BCUT2D eigenvalue weighted by Crippen LogP contribution is -1.94. The normalized spacial score (nSPS) is 10.5. The first-order chi connectivity index (χ1) is 9.93. The van der Waals surface area contributed by atoms with Crippen LogP contribution in [0.3, 0.4) is 0 Å². The number of nitrogens with zero attached hydrogens (tertiary/aromatic N) is 1. The van der Waals surface area contributed by atoms with Crippen LogP contribution in [0.15, 0.2) is 39.3 Å². The van der Waals surface area contributed by atoms with Crippen molar-refractivity contribution in [1.29, 1.82) is 0 Å². The molecule has 0 heterocycles. The zero-order valence-electron chi connectivity index (χ0n) is 10.3. The van der Waals surface area contributed by atoms with Gasteiger partial charge in [-0.3, -0.25) is 10.1 Å². The Morgan fingerprint density at radius 2 is 1.81 bits per heavy atom. The van der Waals surface area contributed by atoms with E-state index in [2.05, 4.69) is 47.8 Å². The third-order valence-corrected chi connectivity index (χ3v) is 4.67. The van der Waals surface area contributed by atoms with E-state index in [-0.39, 0.29) is 5.69 Å². The molecule has 0 saturated carbocycles. The number of ether oxygens (including phenoxy) is 1. The Balaban J connectivity index is 2.48. The van der Waals surface area contributed by atoms with Crippen LogP contribution < -0.4 is 4.74 Å². The van der Waals surface area contributed by atoms with E-state index in [1.165, 1.54) is 12.1 Å². The molecule has 8 heteroatoms. The van der Waals surface area contributed by atoms with Crippen LogP contribution in [0.25, 0.3) is 0 Å². The number of hydrogen-bond donors (Lipinski definition) is 0. The van der Waals surface area contributed by atoms with Crippen molar-refractivity contribution in [2.24, 2.45) is 0 Å². The van der Waals surface area contributed by atoms with Crippen LogP contribution in [0.5, 0.6) is 11.5 Å². The molecule has 0 aliphatic heterocycles. The zero-order valence-corrected chi connectivity index (χ0v) is 15.8. The van der Waals surface area contributed by atoms with Gasteiger partial charge in [0, 0.05) is 23.0 Å². The summed E-state index contributed by atoms with van der Waals surface area (Å²) in [7, 11) is 0. The molecule has 0 aromatic heterocycles. The Bertz CT molecular complexity index is 686. The minimum atomic E-state index is -0.474. The van der Waals surface area contributed by atoms with Crippen molar-refractivity contribution >= 4 is 65.1 Å². The number of benzene rings is 2. The molecule has 2 aromatic carbocycles. The van der Waals surface area contributed by atoms with Crippen LogP contribution in [-0.4, -0.2) is 4.92 Å². The third-order valence-electron chi connectivity index (χ3n) is 2.59. The highest BCUT2D eigenvalue weighted by atomic mass is 79.9. The zero-order chi connectivity index (χ0) is 15.6. The van der Waals surface area contributed by atoms with Gasteiger partial charge in [0.05, 0.1) is 18.9 Å². The first-order valence-corrected chi connectivity index (χ1v) is 8.67. The highest BCUT2D eigenvalue weighted by Gasteiger charge is 2.18. The van der Waals surface area contributed by atoms with E-state index in [9.17, 15) is 10.1 Å². The van der Waals surface area contributed by atoms with Crippen LogP contribution in [0.4, 0.5) is 5.69 Å². The van der Waals surface area contributed by atoms with Crippen molar-refractivity contribution in [1.82, 2.24) is 0 Å². The van der Waals surface area contributed by atoms with Gasteiger partial charge >= 0.3 is 0 Å². The number of hydrogen-bond acceptors (Lipinski definition) is 3. The van der Waals surface area contributed by atoms with Gasteiger partial charge in [-0.05, 0) is 37.9 Å². The molecule has 2 aromatic rings. The predicted molar refractivity (Wildman–Crippen MR) is 92.7 cm³/mol. The summed E-state index contributed by atoms with van der Waals surface area (Å²) in [5, 5.41) is 11.9. The highest BCUT2D eigenvalue weighted by molar-refractivity contribution is 9.11. The summed E-state index contributed by atoms with van der Waals surface area (Å²) in [5.74, 6) is 0.933. The molecule has 0 radical (unpaired) electrons. The average Bonchev–Trinajstić information content (AvgIpc) is 2.43. The van der Waals surface area contributed by atoms with Crippen molar-refractivity contribution < 1.29 is 9.66 Å². The standard InChI is InChI=1S/C13H7Br3ClNO3/c14-6-7-2-1-3-11(17)12(7)21-13-9(15)4-8(18(19)20)5-10(13)16/h1-5H,6H2. The minimum absolute atomic E-state index is 0.0408. The van der Waals surface area contributed by atoms with Crippen molar-refractivity contribution in [2.75, 3.05) is 0 Å². The molecule has 0 spiro atoms. The van der Waals surface area contributed by atoms with E-state index in [4.69, 9.17) is 16.3 Å². The molecule has 0 aliphatic rings. The topological polar surface area (TPSA) is 52.4 Å². The van der Waals surface area contributed by atoms with Gasteiger partial charge in [-0.25, -0.2) is 0 Å². The lowest BCUT2D eigenvalue weighted by atomic mass is 10.2. The molecular formula is C13H7Br3ClNO3. The number of alkyl halides is 1. The summed E-state index contributed by atoms with van der Waals surface area (Å²) in [5.41, 5.74) is 0.834. The fraction of sp³-hybridized carbons (Fsp3) is 0.0769. The number of rotatable bonds is 4. The molecule has 0 saturated heterocycles. The van der Waals surface area contributed by atoms with Gasteiger partial charge < -0.3 is 4.74 Å². The van der Waals surface area contributed by atoms with Gasteiger partial charge in [-0.2, -0.15) is 0 Å². The van der Waals surface area contributed by atoms with Gasteiger partial charge in [0.1, 0.15) is 5.75 Å². The van der Waals surface area contributed by atoms with Gasteiger partial charge in [-0.1, -0.05) is 39.7 Å². The summed E-state index contributed by atoms with van der Waals surface area (Å²) in [6.07, 6.45) is 0. The summed E-state index contributed by atoms with van der Waals surface area (Å²) in [6, 6.07) is 8.18. The molecule has 0 unspecified atom stereocenters. The first-order valence-electron chi connectivity index (χ1n) is 5.58. The fourth-order valence-corrected chi connectivity index (χ4v) is 3.62. The molecular weight excluding hydrogens is 493 g/mol. The van der Waals surface area contributed by atoms with E-state index in [1.807, 2.05) is 12.1 Å². The summed E-state index contributed by atoms with van der Waals surface area (Å²) in [6.45, 7) is 0. The van der Waals surface area contributed by atoms with E-state index in [1.54, 1.807) is 6.07 Å². The second kappa shape index (κ2) is 7.09. The lowest BCUT2D eigenvalue weighted by Gasteiger charge is -2.14. The molecule has 0 amide bonds. The van der Waals surface area contributed by atoms with E-state index in [0.717, 1.165) is 5.56 Å². The van der Waals surface area contributed by atoms with Crippen molar-refractivity contribution in [3.05, 3.63) is 60.0 Å². The van der Waals surface area contributed by atoms with Crippen LogP contribution in [-0.2, 0) is 5.33 Å². The molecule has 0 N–H and O–H groups in total. The molecule has 110 valence electrons. The summed E-state index contributed by atoms with van der Waals surface area (Å²) >= 11 is 16.1. The van der Waals surface area contributed by atoms with E-state index < -0.39 is 4.92 Å². The quantitative estimate of drug-likeness (QED) is 0.275. The second-order valence-corrected chi connectivity index (χ2v) is 6.64. The van der Waals surface area contributed by atoms with Gasteiger partial charge in [0.2, 0.25) is 0 Å². The Morgan fingerprint density at radius 3 is 2.33 bits per heavy atom. The Morgan fingerprint density at radius 1 is 1.19 bits per heavy atom. The largest absolute Gasteiger partial charge is 0.453 e. The van der Waals surface area contributed by atoms with Gasteiger partial charge in [0.15, 0.2) is 5.75 Å². The molecule has 0 fully saturated rings. The van der Waals surface area contributed by atoms with E-state index >= 15 is 0 Å². The lowest BCUT2D eigenvalue weighted by molar-refractivity contribution is -0.385. The number of non-ortho nitro benzene ring substituents is 1. The molecule has 21 heavy (non-hydrogen) atoms. The summed E-state index contributed by atoms with van der Waals surface area (Å²) in [4.78, 5) is 10.4. The first kappa shape index (κ1) is 16.7. The Labute approximate surface area is 151 Å². The Kier molecular flexibility index (Phi) is 5.65. The predicted octanol–water partition coefficient (Wildman–Crippen LogP) is 6.46. The maximum Gasteiger partial charge on any atom is 0.271 e. The minimum Gasteiger partial charge on any atom is -0.453 e. The molecule has 0 atom stereocenters. The number of para-hydroxylation sites is 1. The molecule has 2 rings (SSSR count). The van der Waals surface area contributed by atoms with Gasteiger partial charge in [-0.15, -0.1) is 0 Å². The fourth-order valence-electron chi connectivity index (χ4n) is 1.62. The van der Waals surface area contributed by atoms with Crippen LogP contribution >= 0.6 is 59.4 Å². The number of halogens is 4. The average molecular weight is 500 g/mol. The highest BCUT2D eigenvalue weighted by Crippen LogP contribution is 2.42. The van der Waals surface area contributed by atoms with Gasteiger partial charge in [0.25, 0.3) is 5.69 Å². The molecule has 0 bridgehead atoms. The van der Waals surface area contributed by atoms with Crippen LogP contribution in [0, 0.1) is 10.1 Å². The second-order valence-electron chi connectivity index (χ2n) is 3.96. The van der Waals surface area contributed by atoms with Crippen LogP contribution in [0.2, 0.25) is 5.02 Å².